The van der Waals surface area contributed by atoms with Gasteiger partial charge in [0, 0.05) is 19.1 Å². The summed E-state index contributed by atoms with van der Waals surface area (Å²) in [6, 6.07) is 0.705. The Morgan fingerprint density at radius 1 is 1.44 bits per heavy atom. The van der Waals surface area contributed by atoms with E-state index in [1.165, 1.54) is 12.8 Å². The number of aromatic nitrogens is 5. The van der Waals surface area contributed by atoms with E-state index in [0.29, 0.717) is 6.04 Å². The first-order chi connectivity index (χ1) is 8.85. The molecule has 0 bridgehead atoms. The maximum Gasteiger partial charge on any atom is 0.0965 e. The average molecular weight is 246 g/mol. The summed E-state index contributed by atoms with van der Waals surface area (Å²) in [6.45, 7) is 4.58. The fourth-order valence-electron chi connectivity index (χ4n) is 1.96. The highest BCUT2D eigenvalue weighted by Gasteiger charge is 2.20. The third kappa shape index (κ3) is 2.59. The van der Waals surface area contributed by atoms with Gasteiger partial charge in [-0.05, 0) is 19.8 Å². The molecule has 2 aromatic heterocycles. The molecule has 2 aromatic rings. The Hall–Kier alpha value is -1.69. The van der Waals surface area contributed by atoms with Crippen LogP contribution in [0.1, 0.15) is 31.2 Å². The largest absolute Gasteiger partial charge is 0.333 e. The van der Waals surface area contributed by atoms with Gasteiger partial charge < -0.3 is 9.88 Å². The monoisotopic (exact) mass is 246 g/mol. The quantitative estimate of drug-likeness (QED) is 0.819. The van der Waals surface area contributed by atoms with Gasteiger partial charge in [0.15, 0.2) is 0 Å². The number of nitrogens with zero attached hydrogens (tertiary/aromatic N) is 5. The van der Waals surface area contributed by atoms with E-state index in [-0.39, 0.29) is 0 Å². The molecule has 3 rings (SSSR count). The number of aryl methyl sites for hydroxylation is 1. The normalized spacial score (nSPS) is 15.2. The van der Waals surface area contributed by atoms with Crippen molar-refractivity contribution in [2.24, 2.45) is 0 Å². The Morgan fingerprint density at radius 2 is 2.33 bits per heavy atom. The molecule has 0 spiro atoms. The highest BCUT2D eigenvalue weighted by Crippen LogP contribution is 2.18. The summed E-state index contributed by atoms with van der Waals surface area (Å²) in [4.78, 5) is 4.15. The number of hydrogen-bond acceptors (Lipinski definition) is 4. The average Bonchev–Trinajstić information content (AvgIpc) is 2.93. The minimum Gasteiger partial charge on any atom is -0.333 e. The molecule has 1 N–H and O–H groups in total. The van der Waals surface area contributed by atoms with Crippen LogP contribution in [0.25, 0.3) is 0 Å². The van der Waals surface area contributed by atoms with Gasteiger partial charge in [0.25, 0.3) is 0 Å². The van der Waals surface area contributed by atoms with Crippen LogP contribution in [0.5, 0.6) is 0 Å². The Labute approximate surface area is 106 Å². The van der Waals surface area contributed by atoms with Crippen LogP contribution in [-0.4, -0.2) is 30.6 Å². The molecule has 0 unspecified atom stereocenters. The van der Waals surface area contributed by atoms with E-state index >= 15 is 0 Å². The summed E-state index contributed by atoms with van der Waals surface area (Å²) >= 11 is 0. The molecule has 1 aliphatic rings. The van der Waals surface area contributed by atoms with Crippen LogP contribution in [0, 0.1) is 0 Å². The summed E-state index contributed by atoms with van der Waals surface area (Å²) in [5.41, 5.74) is 2.16. The predicted molar refractivity (Wildman–Crippen MR) is 66.9 cm³/mol. The first-order valence-electron chi connectivity index (χ1n) is 6.46. The van der Waals surface area contributed by atoms with Crippen molar-refractivity contribution in [3.8, 4) is 0 Å². The van der Waals surface area contributed by atoms with Gasteiger partial charge in [-0.25, -0.2) is 9.67 Å². The lowest BCUT2D eigenvalue weighted by Gasteiger charge is -2.03. The van der Waals surface area contributed by atoms with Crippen molar-refractivity contribution in [2.75, 3.05) is 0 Å². The zero-order valence-electron chi connectivity index (χ0n) is 10.6. The summed E-state index contributed by atoms with van der Waals surface area (Å²) in [5.74, 6) is 0. The zero-order chi connectivity index (χ0) is 12.4. The lowest BCUT2D eigenvalue weighted by atomic mass is 10.4. The van der Waals surface area contributed by atoms with E-state index in [9.17, 15) is 0 Å². The van der Waals surface area contributed by atoms with Gasteiger partial charge in [-0.3, -0.25) is 0 Å². The van der Waals surface area contributed by atoms with Crippen molar-refractivity contribution in [1.82, 2.24) is 29.9 Å². The summed E-state index contributed by atoms with van der Waals surface area (Å²) < 4.78 is 3.98. The number of imidazole rings is 1. The molecular weight excluding hydrogens is 228 g/mol. The third-order valence-corrected chi connectivity index (χ3v) is 3.20. The van der Waals surface area contributed by atoms with Crippen LogP contribution in [0.3, 0.4) is 0 Å². The molecule has 0 amide bonds. The standard InChI is InChI=1S/C12H18N6/c1-2-17-9-13-6-12(17)8-18-7-11(15-16-18)5-14-10-3-4-10/h6-7,9-10,14H,2-5,8H2,1H3. The molecule has 0 radical (unpaired) electrons. The molecule has 96 valence electrons. The lowest BCUT2D eigenvalue weighted by molar-refractivity contribution is 0.602. The lowest BCUT2D eigenvalue weighted by Crippen LogP contribution is -2.15. The van der Waals surface area contributed by atoms with Gasteiger partial charge >= 0.3 is 0 Å². The van der Waals surface area contributed by atoms with Gasteiger partial charge in [-0.15, -0.1) is 5.10 Å². The van der Waals surface area contributed by atoms with Crippen LogP contribution in [0.2, 0.25) is 0 Å². The van der Waals surface area contributed by atoms with Gasteiger partial charge in [0.2, 0.25) is 0 Å². The molecule has 6 nitrogen and oxygen atoms in total. The first kappa shape index (κ1) is 11.4. The second kappa shape index (κ2) is 4.89. The van der Waals surface area contributed by atoms with Crippen LogP contribution in [0.4, 0.5) is 0 Å². The summed E-state index contributed by atoms with van der Waals surface area (Å²) in [5, 5.41) is 11.8. The second-order valence-corrected chi connectivity index (χ2v) is 4.73. The van der Waals surface area contributed by atoms with Crippen LogP contribution in [-0.2, 0) is 19.6 Å². The number of rotatable bonds is 6. The number of hydrogen-bond donors (Lipinski definition) is 1. The Kier molecular flexibility index (Phi) is 3.10. The molecule has 0 aliphatic heterocycles. The number of nitrogens with one attached hydrogen (secondary N) is 1. The topological polar surface area (TPSA) is 60.6 Å². The van der Waals surface area contributed by atoms with Crippen molar-refractivity contribution in [1.29, 1.82) is 0 Å². The van der Waals surface area contributed by atoms with Crippen molar-refractivity contribution in [2.45, 2.75) is 45.4 Å². The summed E-state index contributed by atoms with van der Waals surface area (Å²) in [6.07, 6.45) is 8.32. The smallest absolute Gasteiger partial charge is 0.0965 e. The highest BCUT2D eigenvalue weighted by molar-refractivity contribution is 5.01. The fraction of sp³-hybridized carbons (Fsp3) is 0.583. The Morgan fingerprint density at radius 3 is 3.11 bits per heavy atom. The van der Waals surface area contributed by atoms with Gasteiger partial charge in [0.05, 0.1) is 36.7 Å². The fourth-order valence-corrected chi connectivity index (χ4v) is 1.96. The summed E-state index contributed by atoms with van der Waals surface area (Å²) in [7, 11) is 0. The van der Waals surface area contributed by atoms with Crippen molar-refractivity contribution < 1.29 is 0 Å². The minimum absolute atomic E-state index is 0.705. The van der Waals surface area contributed by atoms with E-state index in [4.69, 9.17) is 0 Å². The van der Waals surface area contributed by atoms with E-state index in [2.05, 4.69) is 32.1 Å². The zero-order valence-corrected chi connectivity index (χ0v) is 10.6. The molecule has 1 fully saturated rings. The van der Waals surface area contributed by atoms with Crippen molar-refractivity contribution in [3.63, 3.8) is 0 Å². The van der Waals surface area contributed by atoms with Gasteiger partial charge in [-0.2, -0.15) is 0 Å². The van der Waals surface area contributed by atoms with Crippen molar-refractivity contribution in [3.05, 3.63) is 30.1 Å². The van der Waals surface area contributed by atoms with Crippen LogP contribution < -0.4 is 5.32 Å². The minimum atomic E-state index is 0.705. The Balaban J connectivity index is 1.61. The maximum absolute atomic E-state index is 4.17. The highest BCUT2D eigenvalue weighted by atomic mass is 15.4. The van der Waals surface area contributed by atoms with Gasteiger partial charge in [0.1, 0.15) is 0 Å². The van der Waals surface area contributed by atoms with Gasteiger partial charge in [-0.1, -0.05) is 5.21 Å². The van der Waals surface area contributed by atoms with Crippen LogP contribution >= 0.6 is 0 Å². The predicted octanol–water partition coefficient (Wildman–Crippen LogP) is 0.795. The SMILES string of the molecule is CCn1cncc1Cn1cc(CNC2CC2)nn1. The third-order valence-electron chi connectivity index (χ3n) is 3.20. The molecule has 0 saturated heterocycles. The van der Waals surface area contributed by atoms with E-state index in [1.807, 2.05) is 23.4 Å². The molecule has 18 heavy (non-hydrogen) atoms. The van der Waals surface area contributed by atoms with E-state index in [0.717, 1.165) is 31.0 Å². The molecule has 6 heteroatoms. The van der Waals surface area contributed by atoms with Crippen LogP contribution in [0.15, 0.2) is 18.7 Å². The van der Waals surface area contributed by atoms with E-state index < -0.39 is 0 Å². The first-order valence-corrected chi connectivity index (χ1v) is 6.46. The van der Waals surface area contributed by atoms with E-state index in [1.54, 1.807) is 0 Å². The molecule has 2 heterocycles. The molecule has 0 aromatic carbocycles. The molecular formula is C12H18N6. The Bertz CT molecular complexity index is 510. The maximum atomic E-state index is 4.17. The molecule has 1 saturated carbocycles. The molecule has 0 atom stereocenters. The van der Waals surface area contributed by atoms with Crippen molar-refractivity contribution >= 4 is 0 Å². The second-order valence-electron chi connectivity index (χ2n) is 4.73. The molecule has 1 aliphatic carbocycles.